The van der Waals surface area contributed by atoms with Gasteiger partial charge in [-0.25, -0.2) is 9.59 Å². The van der Waals surface area contributed by atoms with E-state index in [0.717, 1.165) is 0 Å². The SMILES string of the molecule is CC(C)OC(=O)[C@@H](Cc1ccco1)NC(=O)OC(C)(C)C. The fraction of sp³-hybridized carbons (Fsp3) is 0.600. The highest BCUT2D eigenvalue weighted by Crippen LogP contribution is 2.10. The lowest BCUT2D eigenvalue weighted by atomic mass is 10.1. The average Bonchev–Trinajstić information content (AvgIpc) is 2.77. The highest BCUT2D eigenvalue weighted by Gasteiger charge is 2.27. The molecule has 118 valence electrons. The van der Waals surface area contributed by atoms with Crippen LogP contribution in [0.1, 0.15) is 40.4 Å². The summed E-state index contributed by atoms with van der Waals surface area (Å²) < 4.78 is 15.5. The van der Waals surface area contributed by atoms with E-state index < -0.39 is 23.7 Å². The molecule has 1 aromatic heterocycles. The Hall–Kier alpha value is -1.98. The molecule has 0 aromatic carbocycles. The first-order valence-corrected chi connectivity index (χ1v) is 6.90. The Kier molecular flexibility index (Phi) is 5.81. The average molecular weight is 297 g/mol. The van der Waals surface area contributed by atoms with Gasteiger partial charge in [-0.05, 0) is 46.8 Å². The summed E-state index contributed by atoms with van der Waals surface area (Å²) >= 11 is 0. The first-order valence-electron chi connectivity index (χ1n) is 6.90. The van der Waals surface area contributed by atoms with Gasteiger partial charge in [0.2, 0.25) is 0 Å². The van der Waals surface area contributed by atoms with Gasteiger partial charge in [0.05, 0.1) is 12.4 Å². The second kappa shape index (κ2) is 7.15. The summed E-state index contributed by atoms with van der Waals surface area (Å²) in [7, 11) is 0. The van der Waals surface area contributed by atoms with E-state index in [1.807, 2.05) is 0 Å². The van der Waals surface area contributed by atoms with Crippen molar-refractivity contribution in [2.75, 3.05) is 0 Å². The molecule has 1 atom stereocenters. The van der Waals surface area contributed by atoms with Crippen molar-refractivity contribution < 1.29 is 23.5 Å². The largest absolute Gasteiger partial charge is 0.469 e. The maximum Gasteiger partial charge on any atom is 0.408 e. The first kappa shape index (κ1) is 17.1. The summed E-state index contributed by atoms with van der Waals surface area (Å²) in [4.78, 5) is 23.9. The predicted molar refractivity (Wildman–Crippen MR) is 76.8 cm³/mol. The van der Waals surface area contributed by atoms with Crippen LogP contribution in [0.15, 0.2) is 22.8 Å². The summed E-state index contributed by atoms with van der Waals surface area (Å²) in [6, 6.07) is 2.59. The van der Waals surface area contributed by atoms with Gasteiger partial charge in [0, 0.05) is 6.42 Å². The molecule has 0 radical (unpaired) electrons. The second-order valence-electron chi connectivity index (χ2n) is 5.97. The van der Waals surface area contributed by atoms with Gasteiger partial charge < -0.3 is 19.2 Å². The Morgan fingerprint density at radius 1 is 1.33 bits per heavy atom. The molecule has 0 bridgehead atoms. The maximum absolute atomic E-state index is 12.0. The van der Waals surface area contributed by atoms with Crippen molar-refractivity contribution in [1.82, 2.24) is 5.32 Å². The molecule has 0 aliphatic rings. The fourth-order valence-corrected chi connectivity index (χ4v) is 1.59. The van der Waals surface area contributed by atoms with Crippen LogP contribution in [-0.4, -0.2) is 29.8 Å². The second-order valence-corrected chi connectivity index (χ2v) is 5.97. The topological polar surface area (TPSA) is 77.8 Å². The summed E-state index contributed by atoms with van der Waals surface area (Å²) in [6.45, 7) is 8.74. The highest BCUT2D eigenvalue weighted by atomic mass is 16.6. The number of hydrogen-bond donors (Lipinski definition) is 1. The Balaban J connectivity index is 2.71. The van der Waals surface area contributed by atoms with Gasteiger partial charge in [0.15, 0.2) is 0 Å². The Morgan fingerprint density at radius 3 is 2.48 bits per heavy atom. The van der Waals surface area contributed by atoms with Crippen molar-refractivity contribution in [1.29, 1.82) is 0 Å². The third-order valence-electron chi connectivity index (χ3n) is 2.31. The molecule has 6 nitrogen and oxygen atoms in total. The minimum atomic E-state index is -0.853. The molecule has 0 saturated carbocycles. The van der Waals surface area contributed by atoms with Gasteiger partial charge in [0.1, 0.15) is 17.4 Å². The van der Waals surface area contributed by atoms with E-state index >= 15 is 0 Å². The van der Waals surface area contributed by atoms with E-state index in [0.29, 0.717) is 5.76 Å². The zero-order chi connectivity index (χ0) is 16.0. The van der Waals surface area contributed by atoms with Crippen LogP contribution in [0.4, 0.5) is 4.79 Å². The molecule has 1 rings (SSSR count). The molecule has 0 aliphatic carbocycles. The molecule has 0 aliphatic heterocycles. The number of esters is 1. The summed E-state index contributed by atoms with van der Waals surface area (Å²) in [6.07, 6.45) is 0.780. The van der Waals surface area contributed by atoms with Gasteiger partial charge in [0.25, 0.3) is 0 Å². The van der Waals surface area contributed by atoms with Gasteiger partial charge in [-0.2, -0.15) is 0 Å². The van der Waals surface area contributed by atoms with Crippen LogP contribution in [0.25, 0.3) is 0 Å². The van der Waals surface area contributed by atoms with Crippen molar-refractivity contribution in [2.24, 2.45) is 0 Å². The number of carbonyl (C=O) groups excluding carboxylic acids is 2. The summed E-state index contributed by atoms with van der Waals surface area (Å²) in [5.74, 6) is 0.0593. The number of ether oxygens (including phenoxy) is 2. The minimum absolute atomic E-state index is 0.206. The molecule has 0 unspecified atom stereocenters. The molecular formula is C15H23NO5. The summed E-state index contributed by atoms with van der Waals surface area (Å²) in [5.41, 5.74) is -0.638. The lowest BCUT2D eigenvalue weighted by Gasteiger charge is -2.23. The van der Waals surface area contributed by atoms with Crippen LogP contribution >= 0.6 is 0 Å². The molecule has 21 heavy (non-hydrogen) atoms. The van der Waals surface area contributed by atoms with Crippen LogP contribution in [0.2, 0.25) is 0 Å². The molecule has 1 amide bonds. The van der Waals surface area contributed by atoms with E-state index in [9.17, 15) is 9.59 Å². The van der Waals surface area contributed by atoms with Crippen molar-refractivity contribution in [2.45, 2.75) is 58.8 Å². The number of carbonyl (C=O) groups is 2. The fourth-order valence-electron chi connectivity index (χ4n) is 1.59. The lowest BCUT2D eigenvalue weighted by molar-refractivity contribution is -0.150. The standard InChI is InChI=1S/C15H23NO5/c1-10(2)20-13(17)12(9-11-7-6-8-19-11)16-14(18)21-15(3,4)5/h6-8,10,12H,9H2,1-5H3,(H,16,18)/t12-/m1/s1. The van der Waals surface area contributed by atoms with Crippen LogP contribution in [0.5, 0.6) is 0 Å². The molecule has 1 N–H and O–H groups in total. The van der Waals surface area contributed by atoms with E-state index in [2.05, 4.69) is 5.32 Å². The zero-order valence-electron chi connectivity index (χ0n) is 13.1. The van der Waals surface area contributed by atoms with Crippen molar-refractivity contribution in [3.05, 3.63) is 24.2 Å². The van der Waals surface area contributed by atoms with Crippen LogP contribution < -0.4 is 5.32 Å². The van der Waals surface area contributed by atoms with Crippen molar-refractivity contribution in [3.63, 3.8) is 0 Å². The van der Waals surface area contributed by atoms with Crippen LogP contribution in [0.3, 0.4) is 0 Å². The zero-order valence-corrected chi connectivity index (χ0v) is 13.1. The molecule has 1 aromatic rings. The Labute approximate surface area is 124 Å². The van der Waals surface area contributed by atoms with Gasteiger partial charge >= 0.3 is 12.1 Å². The lowest BCUT2D eigenvalue weighted by Crippen LogP contribution is -2.46. The van der Waals surface area contributed by atoms with Crippen LogP contribution in [-0.2, 0) is 20.7 Å². The van der Waals surface area contributed by atoms with Crippen molar-refractivity contribution in [3.8, 4) is 0 Å². The molecule has 1 heterocycles. The summed E-state index contributed by atoms with van der Waals surface area (Å²) in [5, 5.41) is 2.52. The monoisotopic (exact) mass is 297 g/mol. The molecular weight excluding hydrogens is 274 g/mol. The van der Waals surface area contributed by atoms with Gasteiger partial charge in [-0.3, -0.25) is 0 Å². The molecule has 0 spiro atoms. The van der Waals surface area contributed by atoms with Crippen molar-refractivity contribution >= 4 is 12.1 Å². The number of nitrogens with one attached hydrogen (secondary N) is 1. The third-order valence-corrected chi connectivity index (χ3v) is 2.31. The number of rotatable bonds is 5. The minimum Gasteiger partial charge on any atom is -0.469 e. The maximum atomic E-state index is 12.0. The normalized spacial score (nSPS) is 12.9. The number of amides is 1. The molecule has 0 saturated heterocycles. The number of hydrogen-bond acceptors (Lipinski definition) is 5. The molecule has 0 fully saturated rings. The Morgan fingerprint density at radius 2 is 2.00 bits per heavy atom. The Bertz CT molecular complexity index is 459. The van der Waals surface area contributed by atoms with Crippen LogP contribution in [0, 0.1) is 0 Å². The van der Waals surface area contributed by atoms with E-state index in [4.69, 9.17) is 13.9 Å². The van der Waals surface area contributed by atoms with Gasteiger partial charge in [-0.1, -0.05) is 0 Å². The smallest absolute Gasteiger partial charge is 0.408 e. The van der Waals surface area contributed by atoms with E-state index in [-0.39, 0.29) is 12.5 Å². The first-order chi connectivity index (χ1) is 9.67. The van der Waals surface area contributed by atoms with E-state index in [1.165, 1.54) is 6.26 Å². The van der Waals surface area contributed by atoms with Gasteiger partial charge in [-0.15, -0.1) is 0 Å². The molecule has 6 heteroatoms. The highest BCUT2D eigenvalue weighted by molar-refractivity contribution is 5.81. The quantitative estimate of drug-likeness (QED) is 0.845. The van der Waals surface area contributed by atoms with E-state index in [1.54, 1.807) is 46.8 Å². The third kappa shape index (κ3) is 6.83. The number of alkyl carbamates (subject to hydrolysis) is 1. The number of furan rings is 1. The predicted octanol–water partition coefficient (Wildman–Crippen LogP) is 2.67.